The van der Waals surface area contributed by atoms with Crippen molar-refractivity contribution in [1.82, 2.24) is 9.97 Å². The van der Waals surface area contributed by atoms with Gasteiger partial charge in [-0.15, -0.1) is 0 Å². The zero-order chi connectivity index (χ0) is 15.4. The molecule has 21 heavy (non-hydrogen) atoms. The van der Waals surface area contributed by atoms with Crippen LogP contribution < -0.4 is 5.73 Å². The van der Waals surface area contributed by atoms with Gasteiger partial charge < -0.3 is 5.73 Å². The van der Waals surface area contributed by atoms with Gasteiger partial charge in [-0.05, 0) is 13.8 Å². The van der Waals surface area contributed by atoms with Crippen molar-refractivity contribution in [1.29, 1.82) is 0 Å². The lowest BCUT2D eigenvalue weighted by atomic mass is 10.1. The molecule has 1 heterocycles. The largest absolute Gasteiger partial charge is 0.369 e. The van der Waals surface area contributed by atoms with E-state index >= 15 is 0 Å². The van der Waals surface area contributed by atoms with Gasteiger partial charge in [0.25, 0.3) is 0 Å². The fourth-order valence-electron chi connectivity index (χ4n) is 1.91. The molecule has 0 radical (unpaired) electrons. The Morgan fingerprint density at radius 2 is 1.86 bits per heavy atom. The highest BCUT2D eigenvalue weighted by Gasteiger charge is 2.17. The van der Waals surface area contributed by atoms with Gasteiger partial charge in [-0.25, -0.2) is 9.97 Å². The van der Waals surface area contributed by atoms with Crippen LogP contribution in [0.4, 0.5) is 0 Å². The maximum absolute atomic E-state index is 11.8. The molecule has 0 saturated carbocycles. The van der Waals surface area contributed by atoms with Crippen molar-refractivity contribution in [3.8, 4) is 11.4 Å². The van der Waals surface area contributed by atoms with E-state index in [1.807, 2.05) is 30.3 Å². The number of carbonyl (C=O) groups excluding carboxylic acids is 2. The van der Waals surface area contributed by atoms with Crippen molar-refractivity contribution in [2.75, 3.05) is 5.75 Å². The van der Waals surface area contributed by atoms with Crippen LogP contribution in [0.25, 0.3) is 11.4 Å². The Morgan fingerprint density at radius 1 is 1.19 bits per heavy atom. The lowest BCUT2D eigenvalue weighted by Gasteiger charge is -2.10. The average Bonchev–Trinajstić information content (AvgIpc) is 2.45. The van der Waals surface area contributed by atoms with E-state index in [9.17, 15) is 9.59 Å². The Labute approximate surface area is 127 Å². The van der Waals surface area contributed by atoms with Gasteiger partial charge in [-0.3, -0.25) is 9.59 Å². The standard InChI is InChI=1S/C15H15N3O2S/c1-9-13(10(2)19)15(21-8-12(16)20)18-14(17-9)11-6-4-3-5-7-11/h3-7H,8H2,1-2H3,(H2,16,20). The zero-order valence-electron chi connectivity index (χ0n) is 11.8. The number of amides is 1. The highest BCUT2D eigenvalue weighted by molar-refractivity contribution is 8.00. The lowest BCUT2D eigenvalue weighted by Crippen LogP contribution is -2.14. The molecule has 0 unspecified atom stereocenters. The Bertz CT molecular complexity index is 687. The molecule has 0 aliphatic rings. The number of rotatable bonds is 5. The number of nitrogens with zero attached hydrogens (tertiary/aromatic N) is 2. The first-order valence-corrected chi connectivity index (χ1v) is 7.33. The lowest BCUT2D eigenvalue weighted by molar-refractivity contribution is -0.115. The van der Waals surface area contributed by atoms with Gasteiger partial charge in [-0.2, -0.15) is 0 Å². The first-order chi connectivity index (χ1) is 9.99. The molecular weight excluding hydrogens is 286 g/mol. The Balaban J connectivity index is 2.51. The molecule has 0 fully saturated rings. The van der Waals surface area contributed by atoms with Crippen molar-refractivity contribution in [2.24, 2.45) is 5.73 Å². The van der Waals surface area contributed by atoms with Crippen LogP contribution in [-0.2, 0) is 4.79 Å². The summed E-state index contributed by atoms with van der Waals surface area (Å²) >= 11 is 1.16. The van der Waals surface area contributed by atoms with Gasteiger partial charge in [-0.1, -0.05) is 42.1 Å². The number of thioether (sulfide) groups is 1. The molecule has 0 saturated heterocycles. The highest BCUT2D eigenvalue weighted by atomic mass is 32.2. The molecule has 1 aromatic carbocycles. The number of primary amides is 1. The summed E-state index contributed by atoms with van der Waals surface area (Å²) in [6.45, 7) is 3.22. The number of aryl methyl sites for hydroxylation is 1. The molecule has 6 heteroatoms. The first kappa shape index (κ1) is 15.2. The van der Waals surface area contributed by atoms with Gasteiger partial charge in [0.2, 0.25) is 5.91 Å². The van der Waals surface area contributed by atoms with Crippen molar-refractivity contribution >= 4 is 23.5 Å². The molecule has 1 amide bonds. The van der Waals surface area contributed by atoms with Crippen LogP contribution in [0.1, 0.15) is 23.0 Å². The van der Waals surface area contributed by atoms with Crippen LogP contribution in [-0.4, -0.2) is 27.4 Å². The number of aromatic nitrogens is 2. The van der Waals surface area contributed by atoms with Crippen molar-refractivity contribution < 1.29 is 9.59 Å². The van der Waals surface area contributed by atoms with Gasteiger partial charge in [0.1, 0.15) is 5.03 Å². The third-order valence-electron chi connectivity index (χ3n) is 2.79. The summed E-state index contributed by atoms with van der Waals surface area (Å²) in [5.74, 6) is 0.0292. The summed E-state index contributed by atoms with van der Waals surface area (Å²) in [5.41, 5.74) is 7.07. The molecule has 0 bridgehead atoms. The molecule has 0 aliphatic carbocycles. The van der Waals surface area contributed by atoms with E-state index < -0.39 is 5.91 Å². The van der Waals surface area contributed by atoms with Crippen LogP contribution >= 0.6 is 11.8 Å². The summed E-state index contributed by atoms with van der Waals surface area (Å²) in [6.07, 6.45) is 0. The normalized spacial score (nSPS) is 10.4. The summed E-state index contributed by atoms with van der Waals surface area (Å²) in [7, 11) is 0. The first-order valence-electron chi connectivity index (χ1n) is 6.35. The van der Waals surface area contributed by atoms with Gasteiger partial charge in [0.15, 0.2) is 11.6 Å². The quantitative estimate of drug-likeness (QED) is 0.520. The third kappa shape index (κ3) is 3.66. The number of nitrogens with two attached hydrogens (primary N) is 1. The molecule has 2 aromatic rings. The van der Waals surface area contributed by atoms with E-state index in [1.54, 1.807) is 6.92 Å². The predicted molar refractivity (Wildman–Crippen MR) is 82.1 cm³/mol. The van der Waals surface area contributed by atoms with E-state index in [-0.39, 0.29) is 11.5 Å². The number of ketones is 1. The average molecular weight is 301 g/mol. The number of Topliss-reactive ketones (excluding diaryl/α,β-unsaturated/α-hetero) is 1. The highest BCUT2D eigenvalue weighted by Crippen LogP contribution is 2.26. The molecular formula is C15H15N3O2S. The molecule has 0 spiro atoms. The van der Waals surface area contributed by atoms with Crippen LogP contribution in [0.5, 0.6) is 0 Å². The minimum Gasteiger partial charge on any atom is -0.369 e. The Morgan fingerprint density at radius 3 is 2.43 bits per heavy atom. The number of carbonyl (C=O) groups is 2. The van der Waals surface area contributed by atoms with Gasteiger partial charge in [0, 0.05) is 5.56 Å². The van der Waals surface area contributed by atoms with Crippen LogP contribution in [0, 0.1) is 6.92 Å². The van der Waals surface area contributed by atoms with Crippen molar-refractivity contribution in [3.63, 3.8) is 0 Å². The second-order valence-electron chi connectivity index (χ2n) is 4.49. The molecule has 0 aliphatic heterocycles. The van der Waals surface area contributed by atoms with Crippen LogP contribution in [0.3, 0.4) is 0 Å². The number of benzene rings is 1. The third-order valence-corrected chi connectivity index (χ3v) is 3.79. The monoisotopic (exact) mass is 301 g/mol. The van der Waals surface area contributed by atoms with Crippen molar-refractivity contribution in [3.05, 3.63) is 41.6 Å². The second-order valence-corrected chi connectivity index (χ2v) is 5.45. The smallest absolute Gasteiger partial charge is 0.227 e. The molecule has 2 rings (SSSR count). The number of hydrogen-bond acceptors (Lipinski definition) is 5. The molecule has 108 valence electrons. The fourth-order valence-corrected chi connectivity index (χ4v) is 2.78. The molecule has 0 atom stereocenters. The van der Waals surface area contributed by atoms with E-state index in [0.29, 0.717) is 22.1 Å². The van der Waals surface area contributed by atoms with Crippen LogP contribution in [0.2, 0.25) is 0 Å². The predicted octanol–water partition coefficient (Wildman–Crippen LogP) is 2.23. The fraction of sp³-hybridized carbons (Fsp3) is 0.200. The summed E-state index contributed by atoms with van der Waals surface area (Å²) < 4.78 is 0. The number of hydrogen-bond donors (Lipinski definition) is 1. The maximum Gasteiger partial charge on any atom is 0.227 e. The van der Waals surface area contributed by atoms with E-state index in [2.05, 4.69) is 9.97 Å². The Kier molecular flexibility index (Phi) is 4.70. The second kappa shape index (κ2) is 6.49. The zero-order valence-corrected chi connectivity index (χ0v) is 12.6. The van der Waals surface area contributed by atoms with E-state index in [4.69, 9.17) is 5.73 Å². The summed E-state index contributed by atoms with van der Waals surface area (Å²) in [4.78, 5) is 31.5. The van der Waals surface area contributed by atoms with Crippen molar-refractivity contribution in [2.45, 2.75) is 18.9 Å². The van der Waals surface area contributed by atoms with Gasteiger partial charge in [0.05, 0.1) is 17.0 Å². The maximum atomic E-state index is 11.8. The molecule has 5 nitrogen and oxygen atoms in total. The minimum absolute atomic E-state index is 0.0744. The topological polar surface area (TPSA) is 85.9 Å². The summed E-state index contributed by atoms with van der Waals surface area (Å²) in [6, 6.07) is 9.48. The van der Waals surface area contributed by atoms with Crippen LogP contribution in [0.15, 0.2) is 35.4 Å². The van der Waals surface area contributed by atoms with Gasteiger partial charge >= 0.3 is 0 Å². The SMILES string of the molecule is CC(=O)c1c(C)nc(-c2ccccc2)nc1SCC(N)=O. The van der Waals surface area contributed by atoms with E-state index in [1.165, 1.54) is 6.92 Å². The minimum atomic E-state index is -0.452. The molecule has 1 aromatic heterocycles. The molecule has 2 N–H and O–H groups in total. The van der Waals surface area contributed by atoms with E-state index in [0.717, 1.165) is 17.3 Å². The summed E-state index contributed by atoms with van der Waals surface area (Å²) in [5, 5.41) is 0.493. The Hall–Kier alpha value is -2.21.